The van der Waals surface area contributed by atoms with E-state index in [2.05, 4.69) is 15.2 Å². The average Bonchev–Trinajstić information content (AvgIpc) is 2.88. The van der Waals surface area contributed by atoms with Crippen molar-refractivity contribution in [3.05, 3.63) is 42.0 Å². The highest BCUT2D eigenvalue weighted by Gasteiger charge is 2.07. The Morgan fingerprint density at radius 1 is 1.18 bits per heavy atom. The fourth-order valence-electron chi connectivity index (χ4n) is 2.09. The van der Waals surface area contributed by atoms with Crippen LogP contribution in [0.1, 0.15) is 5.56 Å². The van der Waals surface area contributed by atoms with Gasteiger partial charge in [-0.05, 0) is 60.4 Å². The van der Waals surface area contributed by atoms with Crippen LogP contribution in [-0.2, 0) is 0 Å². The smallest absolute Gasteiger partial charge is 0.135 e. The molecule has 0 fully saturated rings. The number of nitrogens with one attached hydrogen (secondary N) is 2. The quantitative estimate of drug-likeness (QED) is 0.167. The van der Waals surface area contributed by atoms with Crippen molar-refractivity contribution in [2.75, 3.05) is 19.8 Å². The number of anilines is 4. The first-order chi connectivity index (χ1) is 10.5. The summed E-state index contributed by atoms with van der Waals surface area (Å²) in [5.74, 6) is 5.73. The summed E-state index contributed by atoms with van der Waals surface area (Å²) in [7, 11) is 0. The first-order valence-corrected chi connectivity index (χ1v) is 8.26. The fraction of sp³-hybridized carbons (Fsp3) is 0.0714. The van der Waals surface area contributed by atoms with Crippen LogP contribution in [0.3, 0.4) is 0 Å². The molecule has 0 amide bonds. The molecule has 0 saturated carbocycles. The van der Waals surface area contributed by atoms with E-state index in [1.807, 2.05) is 66.2 Å². The SMILES string of the molecule is Cc1cc(N(N)I)ccc1NNc1snc2ccc(N)cc12. The number of nitrogens with zero attached hydrogens (tertiary/aromatic N) is 2. The minimum atomic E-state index is 0.723. The number of aromatic nitrogens is 1. The molecule has 6 nitrogen and oxygen atoms in total. The average molecular weight is 426 g/mol. The van der Waals surface area contributed by atoms with Crippen LogP contribution in [0.5, 0.6) is 0 Å². The van der Waals surface area contributed by atoms with Crippen molar-refractivity contribution in [1.82, 2.24) is 4.37 Å². The number of aryl methyl sites for hydroxylation is 1. The molecule has 0 saturated heterocycles. The Bertz CT molecular complexity index is 816. The highest BCUT2D eigenvalue weighted by molar-refractivity contribution is 14.1. The third kappa shape index (κ3) is 3.03. The summed E-state index contributed by atoms with van der Waals surface area (Å²) in [6, 6.07) is 11.6. The first kappa shape index (κ1) is 15.1. The zero-order chi connectivity index (χ0) is 15.7. The number of benzene rings is 2. The molecule has 1 aromatic heterocycles. The van der Waals surface area contributed by atoms with Gasteiger partial charge in [-0.15, -0.1) is 0 Å². The summed E-state index contributed by atoms with van der Waals surface area (Å²) in [4.78, 5) is 0. The van der Waals surface area contributed by atoms with Gasteiger partial charge in [0.05, 0.1) is 39.8 Å². The van der Waals surface area contributed by atoms with Crippen LogP contribution < -0.4 is 25.7 Å². The molecule has 0 atom stereocenters. The van der Waals surface area contributed by atoms with E-state index in [9.17, 15) is 0 Å². The molecule has 0 unspecified atom stereocenters. The van der Waals surface area contributed by atoms with Crippen LogP contribution in [0.15, 0.2) is 36.4 Å². The second kappa shape index (κ2) is 6.15. The normalized spacial score (nSPS) is 10.7. The molecule has 1 heterocycles. The number of rotatable bonds is 4. The summed E-state index contributed by atoms with van der Waals surface area (Å²) < 4.78 is 5.95. The van der Waals surface area contributed by atoms with Crippen LogP contribution in [0.4, 0.5) is 22.1 Å². The summed E-state index contributed by atoms with van der Waals surface area (Å²) in [6.45, 7) is 2.02. The van der Waals surface area contributed by atoms with Gasteiger partial charge >= 0.3 is 0 Å². The van der Waals surface area contributed by atoms with Crippen molar-refractivity contribution in [3.63, 3.8) is 0 Å². The molecule has 0 aliphatic heterocycles. The van der Waals surface area contributed by atoms with E-state index in [0.29, 0.717) is 0 Å². The predicted octanol–water partition coefficient (Wildman–Crippen LogP) is 3.66. The maximum atomic E-state index is 5.84. The molecule has 0 radical (unpaired) electrons. The van der Waals surface area contributed by atoms with E-state index < -0.39 is 0 Å². The largest absolute Gasteiger partial charge is 0.399 e. The van der Waals surface area contributed by atoms with E-state index in [-0.39, 0.29) is 0 Å². The molecule has 114 valence electrons. The standard InChI is InChI=1S/C14H15IN6S/c1-8-6-10(21(15)17)3-5-12(8)18-19-14-11-7-9(16)2-4-13(11)20-22-14/h2-7,18-19H,16-17H2,1H3. The number of hydrogen-bond donors (Lipinski definition) is 4. The molecule has 2 aromatic carbocycles. The molecule has 0 bridgehead atoms. The summed E-state index contributed by atoms with van der Waals surface area (Å²) in [5.41, 5.74) is 16.9. The molecule has 6 N–H and O–H groups in total. The molecule has 3 rings (SSSR count). The van der Waals surface area contributed by atoms with Crippen molar-refractivity contribution in [1.29, 1.82) is 0 Å². The van der Waals surface area contributed by atoms with Crippen LogP contribution >= 0.6 is 34.4 Å². The Balaban J connectivity index is 1.81. The number of nitrogen functional groups attached to an aromatic ring is 1. The molecule has 22 heavy (non-hydrogen) atoms. The lowest BCUT2D eigenvalue weighted by molar-refractivity contribution is 1.24. The topological polar surface area (TPSA) is 92.2 Å². The second-order valence-corrected chi connectivity index (χ2v) is 6.66. The predicted molar refractivity (Wildman–Crippen MR) is 103 cm³/mol. The van der Waals surface area contributed by atoms with Gasteiger partial charge in [-0.2, -0.15) is 4.37 Å². The van der Waals surface area contributed by atoms with Crippen molar-refractivity contribution in [2.45, 2.75) is 6.92 Å². The second-order valence-electron chi connectivity index (χ2n) is 4.85. The Labute approximate surface area is 146 Å². The maximum absolute atomic E-state index is 5.84. The highest BCUT2D eigenvalue weighted by Crippen LogP contribution is 2.30. The van der Waals surface area contributed by atoms with Crippen molar-refractivity contribution in [2.24, 2.45) is 5.84 Å². The van der Waals surface area contributed by atoms with Gasteiger partial charge in [-0.25, -0.2) is 5.84 Å². The Morgan fingerprint density at radius 2 is 2.00 bits per heavy atom. The van der Waals surface area contributed by atoms with Gasteiger partial charge in [0.2, 0.25) is 0 Å². The van der Waals surface area contributed by atoms with Crippen molar-refractivity contribution < 1.29 is 0 Å². The van der Waals surface area contributed by atoms with E-state index in [4.69, 9.17) is 11.6 Å². The minimum Gasteiger partial charge on any atom is -0.399 e. The lowest BCUT2D eigenvalue weighted by Crippen LogP contribution is -2.17. The van der Waals surface area contributed by atoms with Gasteiger partial charge in [-0.3, -0.25) is 14.1 Å². The molecular formula is C14H15IN6S. The first-order valence-electron chi connectivity index (χ1n) is 6.53. The molecule has 3 aromatic rings. The third-order valence-corrected chi connectivity index (χ3v) is 4.62. The number of hydrazine groups is 2. The van der Waals surface area contributed by atoms with Gasteiger partial charge in [0.15, 0.2) is 0 Å². The monoisotopic (exact) mass is 426 g/mol. The van der Waals surface area contributed by atoms with E-state index in [0.717, 1.165) is 38.5 Å². The Kier molecular flexibility index (Phi) is 4.23. The number of fused-ring (bicyclic) bond motifs is 1. The van der Waals surface area contributed by atoms with Crippen LogP contribution in [0.25, 0.3) is 10.9 Å². The molecule has 0 aliphatic carbocycles. The Hall–Kier alpha value is -1.78. The zero-order valence-corrected chi connectivity index (χ0v) is 14.8. The van der Waals surface area contributed by atoms with Crippen molar-refractivity contribution in [3.8, 4) is 0 Å². The maximum Gasteiger partial charge on any atom is 0.135 e. The third-order valence-electron chi connectivity index (χ3n) is 3.27. The lowest BCUT2D eigenvalue weighted by Gasteiger charge is -2.14. The van der Waals surface area contributed by atoms with Gasteiger partial charge in [0.25, 0.3) is 0 Å². The van der Waals surface area contributed by atoms with Crippen molar-refractivity contribution >= 4 is 67.4 Å². The zero-order valence-electron chi connectivity index (χ0n) is 11.8. The van der Waals surface area contributed by atoms with E-state index in [1.54, 1.807) is 3.22 Å². The molecule has 8 heteroatoms. The number of nitrogens with two attached hydrogens (primary N) is 2. The van der Waals surface area contributed by atoms with E-state index in [1.165, 1.54) is 11.5 Å². The van der Waals surface area contributed by atoms with Crippen LogP contribution in [0.2, 0.25) is 0 Å². The van der Waals surface area contributed by atoms with Crippen LogP contribution in [0, 0.1) is 6.92 Å². The fourth-order valence-corrected chi connectivity index (χ4v) is 3.10. The van der Waals surface area contributed by atoms with E-state index >= 15 is 0 Å². The number of hydrogen-bond acceptors (Lipinski definition) is 7. The molecular weight excluding hydrogens is 411 g/mol. The number of halogens is 1. The van der Waals surface area contributed by atoms with Gasteiger partial charge in [0.1, 0.15) is 5.00 Å². The molecule has 0 aliphatic rings. The summed E-state index contributed by atoms with van der Waals surface area (Å²) in [5, 5.41) is 1.94. The highest BCUT2D eigenvalue weighted by atomic mass is 127. The van der Waals surface area contributed by atoms with Gasteiger partial charge in [-0.1, -0.05) is 0 Å². The summed E-state index contributed by atoms with van der Waals surface area (Å²) in [6.07, 6.45) is 0. The molecule has 0 spiro atoms. The Morgan fingerprint density at radius 3 is 2.73 bits per heavy atom. The van der Waals surface area contributed by atoms with Gasteiger partial charge in [0, 0.05) is 11.1 Å². The van der Waals surface area contributed by atoms with Crippen LogP contribution in [-0.4, -0.2) is 4.37 Å². The lowest BCUT2D eigenvalue weighted by atomic mass is 10.2. The summed E-state index contributed by atoms with van der Waals surface area (Å²) >= 11 is 3.43. The minimum absolute atomic E-state index is 0.723. The van der Waals surface area contributed by atoms with Gasteiger partial charge < -0.3 is 5.73 Å².